The average Bonchev–Trinajstić information content (AvgIpc) is 3.18. The lowest BCUT2D eigenvalue weighted by Gasteiger charge is -2.40. The van der Waals surface area contributed by atoms with Gasteiger partial charge in [0.2, 0.25) is 0 Å². The highest BCUT2D eigenvalue weighted by molar-refractivity contribution is 14.1. The van der Waals surface area contributed by atoms with Crippen LogP contribution in [0.3, 0.4) is 0 Å². The second-order valence-electron chi connectivity index (χ2n) is 11.5. The number of rotatable bonds is 6. The van der Waals surface area contributed by atoms with E-state index in [-0.39, 0.29) is 0 Å². The van der Waals surface area contributed by atoms with E-state index >= 15 is 0 Å². The summed E-state index contributed by atoms with van der Waals surface area (Å²) < 4.78 is 0.858. The molecule has 1 heteroatoms. The Kier molecular flexibility index (Phi) is 5.34. The molecule has 13 unspecified atom stereocenters. The molecule has 4 saturated carbocycles. The zero-order chi connectivity index (χ0) is 19.9. The van der Waals surface area contributed by atoms with Crippen molar-refractivity contribution in [1.29, 1.82) is 0 Å². The quantitative estimate of drug-likeness (QED) is 0.264. The lowest BCUT2D eigenvalue weighted by molar-refractivity contribution is 0.0849. The molecule has 4 rings (SSSR count). The minimum atomic E-state index is 0.584. The Morgan fingerprint density at radius 1 is 0.963 bits per heavy atom. The molecule has 0 saturated heterocycles. The number of alkyl halides is 1. The van der Waals surface area contributed by atoms with E-state index in [1.54, 1.807) is 6.42 Å². The van der Waals surface area contributed by atoms with Crippen LogP contribution in [-0.4, -0.2) is 3.92 Å². The van der Waals surface area contributed by atoms with E-state index in [4.69, 9.17) is 0 Å². The fourth-order valence-electron chi connectivity index (χ4n) is 9.99. The molecule has 4 aliphatic rings. The van der Waals surface area contributed by atoms with Crippen LogP contribution in [0.25, 0.3) is 0 Å². The molecule has 4 fully saturated rings. The lowest BCUT2D eigenvalue weighted by atomic mass is 9.65. The van der Waals surface area contributed by atoms with Crippen molar-refractivity contribution in [1.82, 2.24) is 0 Å². The SMILES string of the molecule is CCC(C)C(I)C1C(CC)C2C3C(CC)C4CC4(CC)C3C(C)C2(C)C1C. The Morgan fingerprint density at radius 3 is 2.11 bits per heavy atom. The molecule has 0 nitrogen and oxygen atoms in total. The Labute approximate surface area is 183 Å². The first-order valence-electron chi connectivity index (χ1n) is 12.4. The van der Waals surface area contributed by atoms with Gasteiger partial charge < -0.3 is 0 Å². The van der Waals surface area contributed by atoms with Crippen molar-refractivity contribution in [3.63, 3.8) is 0 Å². The van der Waals surface area contributed by atoms with E-state index < -0.39 is 0 Å². The zero-order valence-electron chi connectivity index (χ0n) is 19.3. The van der Waals surface area contributed by atoms with Crippen molar-refractivity contribution < 1.29 is 0 Å². The molecule has 0 bridgehead atoms. The Morgan fingerprint density at radius 2 is 1.59 bits per heavy atom. The molecule has 0 amide bonds. The van der Waals surface area contributed by atoms with Gasteiger partial charge in [-0.05, 0) is 82.9 Å². The topological polar surface area (TPSA) is 0 Å². The summed E-state index contributed by atoms with van der Waals surface area (Å²) in [5.41, 5.74) is 1.34. The average molecular weight is 485 g/mol. The van der Waals surface area contributed by atoms with Gasteiger partial charge in [-0.25, -0.2) is 0 Å². The van der Waals surface area contributed by atoms with Crippen LogP contribution in [-0.2, 0) is 0 Å². The van der Waals surface area contributed by atoms with Crippen molar-refractivity contribution in [2.75, 3.05) is 0 Å². The largest absolute Gasteiger partial charge is 0.0820 e. The van der Waals surface area contributed by atoms with Crippen LogP contribution in [0.1, 0.15) is 87.5 Å². The Hall–Kier alpha value is 0.730. The molecule has 4 aliphatic carbocycles. The van der Waals surface area contributed by atoms with E-state index in [1.807, 2.05) is 0 Å². The summed E-state index contributed by atoms with van der Waals surface area (Å²) in [6.45, 7) is 20.6. The van der Waals surface area contributed by atoms with Gasteiger partial charge in [-0.3, -0.25) is 0 Å². The number of hydrogen-bond acceptors (Lipinski definition) is 0. The number of halogens is 1. The fraction of sp³-hybridized carbons (Fsp3) is 1.00. The van der Waals surface area contributed by atoms with Gasteiger partial charge in [0.05, 0.1) is 0 Å². The van der Waals surface area contributed by atoms with Crippen LogP contribution < -0.4 is 0 Å². The highest BCUT2D eigenvalue weighted by atomic mass is 127. The molecule has 0 N–H and O–H groups in total. The fourth-order valence-corrected chi connectivity index (χ4v) is 11.7. The molecule has 0 spiro atoms. The Balaban J connectivity index is 1.76. The van der Waals surface area contributed by atoms with Crippen LogP contribution in [0, 0.1) is 70.0 Å². The van der Waals surface area contributed by atoms with Crippen molar-refractivity contribution in [3.05, 3.63) is 0 Å². The van der Waals surface area contributed by atoms with Crippen LogP contribution in [0.2, 0.25) is 0 Å². The molecule has 0 radical (unpaired) electrons. The Bertz CT molecular complexity index is 571. The smallest absolute Gasteiger partial charge is 0.0169 e. The summed E-state index contributed by atoms with van der Waals surface area (Å²) >= 11 is 2.88. The van der Waals surface area contributed by atoms with Crippen molar-refractivity contribution >= 4 is 22.6 Å². The molecule has 13 atom stereocenters. The van der Waals surface area contributed by atoms with Crippen molar-refractivity contribution in [2.24, 2.45) is 70.0 Å². The predicted octanol–water partition coefficient (Wildman–Crippen LogP) is 8.09. The van der Waals surface area contributed by atoms with Gasteiger partial charge in [0.1, 0.15) is 0 Å². The molecular formula is C26H45I. The molecule has 27 heavy (non-hydrogen) atoms. The molecule has 0 aromatic rings. The third kappa shape index (κ3) is 2.39. The second-order valence-corrected chi connectivity index (χ2v) is 13.0. The minimum Gasteiger partial charge on any atom is -0.0820 e. The van der Waals surface area contributed by atoms with Gasteiger partial charge in [-0.15, -0.1) is 0 Å². The highest BCUT2D eigenvalue weighted by Crippen LogP contribution is 2.84. The van der Waals surface area contributed by atoms with E-state index in [0.29, 0.717) is 5.41 Å². The predicted molar refractivity (Wildman–Crippen MR) is 126 cm³/mol. The summed E-state index contributed by atoms with van der Waals surface area (Å²) in [6, 6.07) is 0. The van der Waals surface area contributed by atoms with Crippen molar-refractivity contribution in [2.45, 2.75) is 91.4 Å². The third-order valence-corrected chi connectivity index (χ3v) is 13.6. The summed E-state index contributed by atoms with van der Waals surface area (Å²) in [5, 5.41) is 0. The zero-order valence-corrected chi connectivity index (χ0v) is 21.4. The van der Waals surface area contributed by atoms with Gasteiger partial charge in [0.25, 0.3) is 0 Å². The summed E-state index contributed by atoms with van der Waals surface area (Å²) in [6.07, 6.45) is 7.24. The second kappa shape index (κ2) is 6.88. The van der Waals surface area contributed by atoms with Crippen LogP contribution in [0.5, 0.6) is 0 Å². The van der Waals surface area contributed by atoms with Crippen molar-refractivity contribution in [3.8, 4) is 0 Å². The van der Waals surface area contributed by atoms with Crippen LogP contribution in [0.4, 0.5) is 0 Å². The first-order valence-corrected chi connectivity index (χ1v) is 13.6. The molecule has 0 heterocycles. The van der Waals surface area contributed by atoms with E-state index in [1.165, 1.54) is 25.7 Å². The molecule has 0 aromatic carbocycles. The monoisotopic (exact) mass is 484 g/mol. The van der Waals surface area contributed by atoms with E-state index in [0.717, 1.165) is 68.5 Å². The van der Waals surface area contributed by atoms with Gasteiger partial charge in [0, 0.05) is 3.92 Å². The minimum absolute atomic E-state index is 0.584. The van der Waals surface area contributed by atoms with Gasteiger partial charge in [-0.1, -0.05) is 97.2 Å². The van der Waals surface area contributed by atoms with Crippen LogP contribution >= 0.6 is 22.6 Å². The number of fused-ring (bicyclic) bond motifs is 5. The van der Waals surface area contributed by atoms with E-state index in [9.17, 15) is 0 Å². The first-order chi connectivity index (χ1) is 12.8. The van der Waals surface area contributed by atoms with Gasteiger partial charge in [0.15, 0.2) is 0 Å². The van der Waals surface area contributed by atoms with Gasteiger partial charge >= 0.3 is 0 Å². The maximum Gasteiger partial charge on any atom is 0.0169 e. The highest BCUT2D eigenvalue weighted by Gasteiger charge is 2.79. The van der Waals surface area contributed by atoms with E-state index in [2.05, 4.69) is 78.0 Å². The molecule has 0 aromatic heterocycles. The maximum absolute atomic E-state index is 2.88. The summed E-state index contributed by atoms with van der Waals surface area (Å²) in [7, 11) is 0. The third-order valence-electron chi connectivity index (χ3n) is 11.6. The maximum atomic E-state index is 2.88. The lowest BCUT2D eigenvalue weighted by Crippen LogP contribution is -2.36. The molecule has 156 valence electrons. The normalized spacial score (nSPS) is 57.9. The standard InChI is InChI=1S/C26H45I/c1-9-14(5)24(27)20-15(6)25(8)16(7)22-21(23(25)18(20)11-3)17(10-2)19-13-26(19,22)12-4/h14-24H,9-13H2,1-8H3. The molecule has 0 aliphatic heterocycles. The van der Waals surface area contributed by atoms with Gasteiger partial charge in [-0.2, -0.15) is 0 Å². The summed E-state index contributed by atoms with van der Waals surface area (Å²) in [4.78, 5) is 0. The molecular weight excluding hydrogens is 439 g/mol. The van der Waals surface area contributed by atoms with Crippen LogP contribution in [0.15, 0.2) is 0 Å². The first kappa shape index (κ1) is 21.0. The number of hydrogen-bond donors (Lipinski definition) is 0. The summed E-state index contributed by atoms with van der Waals surface area (Å²) in [5.74, 6) is 9.83.